The van der Waals surface area contributed by atoms with Gasteiger partial charge in [0.1, 0.15) is 5.82 Å². The van der Waals surface area contributed by atoms with E-state index in [0.29, 0.717) is 6.10 Å². The van der Waals surface area contributed by atoms with E-state index >= 15 is 0 Å². The van der Waals surface area contributed by atoms with Crippen LogP contribution in [0.1, 0.15) is 18.4 Å². The number of rotatable bonds is 3. The van der Waals surface area contributed by atoms with Crippen LogP contribution < -0.4 is 5.32 Å². The number of hydrogen-bond acceptors (Lipinski definition) is 3. The minimum Gasteiger partial charge on any atom is -0.376 e. The van der Waals surface area contributed by atoms with Crippen molar-refractivity contribution >= 4 is 48.5 Å². The van der Waals surface area contributed by atoms with Gasteiger partial charge >= 0.3 is 0 Å². The molecule has 1 unspecified atom stereocenters. The normalized spacial score (nSPS) is 18.6. The van der Waals surface area contributed by atoms with E-state index < -0.39 is 0 Å². The number of ether oxygens (including phenoxy) is 1. The van der Waals surface area contributed by atoms with Crippen LogP contribution in [-0.2, 0) is 4.74 Å². The van der Waals surface area contributed by atoms with Crippen LogP contribution in [0.4, 0.5) is 5.82 Å². The van der Waals surface area contributed by atoms with Crippen LogP contribution in [0.15, 0.2) is 27.3 Å². The zero-order valence-electron chi connectivity index (χ0n) is 11.2. The highest BCUT2D eigenvalue weighted by molar-refractivity contribution is 9.11. The molecule has 0 radical (unpaired) electrons. The van der Waals surface area contributed by atoms with E-state index in [4.69, 9.17) is 4.74 Å². The zero-order valence-corrected chi connectivity index (χ0v) is 14.4. The lowest BCUT2D eigenvalue weighted by atomic mass is 10.1. The Balaban J connectivity index is 1.95. The molecule has 0 aliphatic carbocycles. The average molecular weight is 400 g/mol. The molecule has 0 bridgehead atoms. The second kappa shape index (κ2) is 6.00. The van der Waals surface area contributed by atoms with Crippen molar-refractivity contribution in [1.29, 1.82) is 0 Å². The summed E-state index contributed by atoms with van der Waals surface area (Å²) in [5, 5.41) is 5.72. The molecule has 1 saturated heterocycles. The summed E-state index contributed by atoms with van der Waals surface area (Å²) in [6, 6.07) is 4.28. The summed E-state index contributed by atoms with van der Waals surface area (Å²) in [4.78, 5) is 4.52. The summed E-state index contributed by atoms with van der Waals surface area (Å²) in [7, 11) is 0. The van der Waals surface area contributed by atoms with Gasteiger partial charge in [-0.3, -0.25) is 0 Å². The number of nitrogens with one attached hydrogen (secondary N) is 1. The summed E-state index contributed by atoms with van der Waals surface area (Å²) >= 11 is 7.22. The van der Waals surface area contributed by atoms with Gasteiger partial charge < -0.3 is 10.1 Å². The van der Waals surface area contributed by atoms with Gasteiger partial charge in [0.2, 0.25) is 0 Å². The largest absolute Gasteiger partial charge is 0.376 e. The van der Waals surface area contributed by atoms with E-state index in [2.05, 4.69) is 61.2 Å². The lowest BCUT2D eigenvalue weighted by molar-refractivity contribution is 0.120. The average Bonchev–Trinajstić information content (AvgIpc) is 2.90. The summed E-state index contributed by atoms with van der Waals surface area (Å²) in [5.74, 6) is 0.920. The molecule has 2 aromatic rings. The Hall–Kier alpha value is -0.650. The fraction of sp³-hybridized carbons (Fsp3) is 0.400. The van der Waals surface area contributed by atoms with Gasteiger partial charge in [-0.2, -0.15) is 0 Å². The van der Waals surface area contributed by atoms with E-state index in [1.807, 2.05) is 6.20 Å². The van der Waals surface area contributed by atoms with Crippen molar-refractivity contribution in [2.75, 3.05) is 18.5 Å². The third-order valence-electron chi connectivity index (χ3n) is 3.56. The second-order valence-electron chi connectivity index (χ2n) is 5.14. The van der Waals surface area contributed by atoms with Crippen molar-refractivity contribution in [3.8, 4) is 0 Å². The van der Waals surface area contributed by atoms with E-state index in [9.17, 15) is 0 Å². The molecule has 3 nitrogen and oxygen atoms in total. The number of nitrogens with zero attached hydrogens (tertiary/aromatic N) is 1. The van der Waals surface area contributed by atoms with Gasteiger partial charge in [0.15, 0.2) is 0 Å². The van der Waals surface area contributed by atoms with Crippen LogP contribution in [0.3, 0.4) is 0 Å². The molecule has 2 heterocycles. The highest BCUT2D eigenvalue weighted by Gasteiger charge is 2.16. The van der Waals surface area contributed by atoms with Gasteiger partial charge in [-0.15, -0.1) is 0 Å². The van der Waals surface area contributed by atoms with Gasteiger partial charge in [-0.25, -0.2) is 4.98 Å². The number of fused-ring (bicyclic) bond motifs is 1. The van der Waals surface area contributed by atoms with Gasteiger partial charge in [-0.05, 0) is 53.4 Å². The highest BCUT2D eigenvalue weighted by atomic mass is 79.9. The van der Waals surface area contributed by atoms with Gasteiger partial charge in [0.05, 0.1) is 6.10 Å². The van der Waals surface area contributed by atoms with Crippen LogP contribution in [0, 0.1) is 6.92 Å². The van der Waals surface area contributed by atoms with Crippen LogP contribution in [0.5, 0.6) is 0 Å². The molecule has 1 aliphatic rings. The Morgan fingerprint density at radius 2 is 2.20 bits per heavy atom. The van der Waals surface area contributed by atoms with Crippen molar-refractivity contribution in [2.24, 2.45) is 0 Å². The number of benzene rings is 1. The Bertz CT molecular complexity index is 639. The SMILES string of the molecule is Cc1cc(Br)c2c(Br)cnc(NCC3CCCO3)c2c1. The minimum atomic E-state index is 0.309. The Morgan fingerprint density at radius 3 is 2.95 bits per heavy atom. The fourth-order valence-corrected chi connectivity index (χ4v) is 4.17. The van der Waals surface area contributed by atoms with Crippen LogP contribution >= 0.6 is 31.9 Å². The lowest BCUT2D eigenvalue weighted by Crippen LogP contribution is -2.19. The van der Waals surface area contributed by atoms with Gasteiger partial charge in [0.25, 0.3) is 0 Å². The van der Waals surface area contributed by atoms with Crippen LogP contribution in [0.2, 0.25) is 0 Å². The molecule has 1 atom stereocenters. The number of hydrogen-bond donors (Lipinski definition) is 1. The lowest BCUT2D eigenvalue weighted by Gasteiger charge is -2.14. The molecule has 106 valence electrons. The molecular weight excluding hydrogens is 384 g/mol. The molecule has 0 saturated carbocycles. The first-order chi connectivity index (χ1) is 9.65. The van der Waals surface area contributed by atoms with Gasteiger partial charge in [-0.1, -0.05) is 15.9 Å². The Labute approximate surface area is 135 Å². The first kappa shape index (κ1) is 14.3. The van der Waals surface area contributed by atoms with Gasteiger partial charge in [0, 0.05) is 39.1 Å². The molecule has 0 spiro atoms. The summed E-state index contributed by atoms with van der Waals surface area (Å²) < 4.78 is 7.74. The monoisotopic (exact) mass is 398 g/mol. The third kappa shape index (κ3) is 2.85. The molecule has 3 rings (SSSR count). The maximum atomic E-state index is 5.65. The molecule has 5 heteroatoms. The number of aryl methyl sites for hydroxylation is 1. The molecule has 1 N–H and O–H groups in total. The van der Waals surface area contributed by atoms with Crippen molar-refractivity contribution in [2.45, 2.75) is 25.9 Å². The van der Waals surface area contributed by atoms with Crippen LogP contribution in [-0.4, -0.2) is 24.2 Å². The van der Waals surface area contributed by atoms with Crippen molar-refractivity contribution in [3.05, 3.63) is 32.8 Å². The third-order valence-corrected chi connectivity index (χ3v) is 4.78. The predicted octanol–water partition coefficient (Wildman–Crippen LogP) is 4.66. The number of pyridine rings is 1. The summed E-state index contributed by atoms with van der Waals surface area (Å²) in [6.07, 6.45) is 4.44. The molecular formula is C15H16Br2N2O. The van der Waals surface area contributed by atoms with E-state index in [1.54, 1.807) is 0 Å². The number of aromatic nitrogens is 1. The number of anilines is 1. The summed E-state index contributed by atoms with van der Waals surface area (Å²) in [6.45, 7) is 3.79. The van der Waals surface area contributed by atoms with E-state index in [1.165, 1.54) is 5.56 Å². The van der Waals surface area contributed by atoms with Crippen molar-refractivity contribution < 1.29 is 4.74 Å². The summed E-state index contributed by atoms with van der Waals surface area (Å²) in [5.41, 5.74) is 1.21. The smallest absolute Gasteiger partial charge is 0.134 e. The Kier molecular flexibility index (Phi) is 4.29. The van der Waals surface area contributed by atoms with Crippen molar-refractivity contribution in [3.63, 3.8) is 0 Å². The fourth-order valence-electron chi connectivity index (χ4n) is 2.58. The Morgan fingerprint density at radius 1 is 1.35 bits per heavy atom. The molecule has 1 aromatic heterocycles. The molecule has 0 amide bonds. The quantitative estimate of drug-likeness (QED) is 0.814. The maximum Gasteiger partial charge on any atom is 0.134 e. The molecule has 1 aliphatic heterocycles. The zero-order chi connectivity index (χ0) is 14.1. The standard InChI is InChI=1S/C15H16Br2N2O/c1-9-5-11-14(12(16)6-9)13(17)8-19-15(11)18-7-10-3-2-4-20-10/h5-6,8,10H,2-4,7H2,1H3,(H,18,19). The maximum absolute atomic E-state index is 5.65. The predicted molar refractivity (Wildman–Crippen MR) is 89.3 cm³/mol. The second-order valence-corrected chi connectivity index (χ2v) is 6.85. The first-order valence-electron chi connectivity index (χ1n) is 6.75. The highest BCUT2D eigenvalue weighted by Crippen LogP contribution is 2.35. The minimum absolute atomic E-state index is 0.309. The first-order valence-corrected chi connectivity index (χ1v) is 8.33. The topological polar surface area (TPSA) is 34.2 Å². The van der Waals surface area contributed by atoms with E-state index in [-0.39, 0.29) is 0 Å². The van der Waals surface area contributed by atoms with Crippen molar-refractivity contribution in [1.82, 2.24) is 4.98 Å². The molecule has 20 heavy (non-hydrogen) atoms. The van der Waals surface area contributed by atoms with E-state index in [0.717, 1.165) is 51.5 Å². The number of halogens is 2. The van der Waals surface area contributed by atoms with Crippen LogP contribution in [0.25, 0.3) is 10.8 Å². The molecule has 1 fully saturated rings. The molecule has 1 aromatic carbocycles.